The Balaban J connectivity index is 1.38. The second kappa shape index (κ2) is 12.5. The summed E-state index contributed by atoms with van der Waals surface area (Å²) in [6, 6.07) is 8.44. The maximum Gasteiger partial charge on any atom is 0.249 e. The molecule has 1 aromatic carbocycles. The van der Waals surface area contributed by atoms with Gasteiger partial charge in [0.1, 0.15) is 6.04 Å². The van der Waals surface area contributed by atoms with Crippen LogP contribution in [0.3, 0.4) is 0 Å². The Kier molecular flexibility index (Phi) is 9.38. The van der Waals surface area contributed by atoms with Gasteiger partial charge in [-0.2, -0.15) is 4.98 Å². The van der Waals surface area contributed by atoms with Crippen LogP contribution in [0.4, 0.5) is 0 Å². The fourth-order valence-corrected chi connectivity index (χ4v) is 4.44. The van der Waals surface area contributed by atoms with E-state index in [0.29, 0.717) is 11.7 Å². The normalized spacial score (nSPS) is 16.2. The van der Waals surface area contributed by atoms with Gasteiger partial charge in [0.15, 0.2) is 5.96 Å². The van der Waals surface area contributed by atoms with Crippen LogP contribution in [-0.4, -0.2) is 27.5 Å². The first-order valence-corrected chi connectivity index (χ1v) is 12.2. The summed E-state index contributed by atoms with van der Waals surface area (Å²) < 4.78 is 5.50. The highest BCUT2D eigenvalue weighted by Gasteiger charge is 2.31. The van der Waals surface area contributed by atoms with Gasteiger partial charge in [-0.25, -0.2) is 0 Å². The van der Waals surface area contributed by atoms with Crippen LogP contribution < -0.4 is 5.73 Å². The monoisotopic (exact) mass is 425 g/mol. The maximum atomic E-state index is 7.71. The van der Waals surface area contributed by atoms with Crippen molar-refractivity contribution in [2.24, 2.45) is 5.73 Å². The van der Waals surface area contributed by atoms with E-state index in [1.165, 1.54) is 69.8 Å². The van der Waals surface area contributed by atoms with Gasteiger partial charge in [-0.3, -0.25) is 5.41 Å². The van der Waals surface area contributed by atoms with Gasteiger partial charge in [-0.05, 0) is 31.2 Å². The van der Waals surface area contributed by atoms with Crippen LogP contribution >= 0.6 is 0 Å². The number of hydrogen-bond acceptors (Lipinski definition) is 4. The number of likely N-dealkylation sites (tertiary alicyclic amines) is 1. The molecule has 1 saturated heterocycles. The van der Waals surface area contributed by atoms with Gasteiger partial charge in [0, 0.05) is 12.1 Å². The molecule has 0 bridgehead atoms. The smallest absolute Gasteiger partial charge is 0.249 e. The average Bonchev–Trinajstić information content (AvgIpc) is 3.45. The first-order chi connectivity index (χ1) is 15.2. The minimum atomic E-state index is -0.0747. The molecule has 31 heavy (non-hydrogen) atoms. The second-order valence-electron chi connectivity index (χ2n) is 8.82. The fraction of sp³-hybridized carbons (Fsp3) is 0.640. The Labute approximate surface area is 187 Å². The second-order valence-corrected chi connectivity index (χ2v) is 8.82. The number of aryl methyl sites for hydroxylation is 1. The molecule has 0 amide bonds. The molecule has 2 heterocycles. The van der Waals surface area contributed by atoms with Gasteiger partial charge >= 0.3 is 0 Å². The third-order valence-corrected chi connectivity index (χ3v) is 6.32. The van der Waals surface area contributed by atoms with E-state index in [0.717, 1.165) is 31.4 Å². The van der Waals surface area contributed by atoms with E-state index in [4.69, 9.17) is 15.7 Å². The van der Waals surface area contributed by atoms with Crippen LogP contribution in [0, 0.1) is 5.41 Å². The minimum absolute atomic E-state index is 0.0681. The van der Waals surface area contributed by atoms with Crippen LogP contribution in [0.5, 0.6) is 0 Å². The highest BCUT2D eigenvalue weighted by atomic mass is 16.5. The third-order valence-electron chi connectivity index (χ3n) is 6.32. The first kappa shape index (κ1) is 23.3. The first-order valence-electron chi connectivity index (χ1n) is 12.2. The zero-order chi connectivity index (χ0) is 21.9. The summed E-state index contributed by atoms with van der Waals surface area (Å²) in [5.74, 6) is 1.23. The van der Waals surface area contributed by atoms with Gasteiger partial charge < -0.3 is 15.2 Å². The molecule has 2 aromatic rings. The van der Waals surface area contributed by atoms with Crippen molar-refractivity contribution in [3.05, 3.63) is 35.7 Å². The topological polar surface area (TPSA) is 92.0 Å². The number of benzene rings is 1. The van der Waals surface area contributed by atoms with E-state index >= 15 is 0 Å². The summed E-state index contributed by atoms with van der Waals surface area (Å²) in [4.78, 5) is 6.41. The zero-order valence-corrected chi connectivity index (χ0v) is 19.1. The summed E-state index contributed by atoms with van der Waals surface area (Å²) in [5, 5.41) is 11.9. The Hall–Kier alpha value is -2.37. The molecule has 6 heteroatoms. The summed E-state index contributed by atoms with van der Waals surface area (Å²) in [7, 11) is 0. The number of hydrogen-bond donors (Lipinski definition) is 2. The molecule has 1 fully saturated rings. The van der Waals surface area contributed by atoms with Crippen molar-refractivity contribution < 1.29 is 4.52 Å². The predicted octanol–water partition coefficient (Wildman–Crippen LogP) is 6.23. The lowest BCUT2D eigenvalue weighted by Gasteiger charge is -2.21. The summed E-state index contributed by atoms with van der Waals surface area (Å²) in [6.45, 7) is 3.04. The number of unbranched alkanes of at least 4 members (excludes halogenated alkanes) is 9. The number of nitrogens with zero attached hydrogens (tertiary/aromatic N) is 3. The van der Waals surface area contributed by atoms with E-state index in [-0.39, 0.29) is 12.0 Å². The number of rotatable bonds is 13. The van der Waals surface area contributed by atoms with Crippen molar-refractivity contribution in [1.82, 2.24) is 15.0 Å². The molecular formula is C25H39N5O. The summed E-state index contributed by atoms with van der Waals surface area (Å²) in [6.07, 6.45) is 16.7. The third kappa shape index (κ3) is 7.08. The molecule has 1 aromatic heterocycles. The Morgan fingerprint density at radius 3 is 2.32 bits per heavy atom. The molecule has 0 saturated carbocycles. The van der Waals surface area contributed by atoms with Crippen molar-refractivity contribution in [2.45, 2.75) is 96.4 Å². The predicted molar refractivity (Wildman–Crippen MR) is 126 cm³/mol. The lowest BCUT2D eigenvalue weighted by molar-refractivity contribution is 0.283. The van der Waals surface area contributed by atoms with Crippen LogP contribution in [0.25, 0.3) is 11.4 Å². The van der Waals surface area contributed by atoms with Crippen molar-refractivity contribution in [2.75, 3.05) is 6.54 Å². The van der Waals surface area contributed by atoms with Crippen LogP contribution in [-0.2, 0) is 6.42 Å². The number of nitrogens with one attached hydrogen (secondary N) is 1. The standard InChI is InChI=1S/C25H39N5O/c1-2-3-4-5-6-7-8-9-10-11-13-20-15-17-21(18-16-20)23-28-24(31-29-23)22-14-12-19-30(22)25(26)27/h15-18,22H,2-14,19H2,1H3,(H3,26,27)/t22-/m0/s1. The Morgan fingerprint density at radius 2 is 1.68 bits per heavy atom. The largest absolute Gasteiger partial charge is 0.370 e. The molecule has 3 N–H and O–H groups in total. The molecule has 0 unspecified atom stereocenters. The molecule has 170 valence electrons. The van der Waals surface area contributed by atoms with Gasteiger partial charge in [-0.15, -0.1) is 0 Å². The Morgan fingerprint density at radius 1 is 1.03 bits per heavy atom. The molecule has 1 aliphatic rings. The number of aromatic nitrogens is 2. The molecule has 0 aliphatic carbocycles. The summed E-state index contributed by atoms with van der Waals surface area (Å²) in [5.41, 5.74) is 8.01. The van der Waals surface area contributed by atoms with E-state index < -0.39 is 0 Å². The molecule has 0 radical (unpaired) electrons. The Bertz CT molecular complexity index is 785. The van der Waals surface area contributed by atoms with Crippen LogP contribution in [0.1, 0.15) is 101 Å². The molecule has 6 nitrogen and oxygen atoms in total. The summed E-state index contributed by atoms with van der Waals surface area (Å²) >= 11 is 0. The van der Waals surface area contributed by atoms with Gasteiger partial charge in [0.2, 0.25) is 11.7 Å². The van der Waals surface area contributed by atoms with Gasteiger partial charge in [0.25, 0.3) is 0 Å². The van der Waals surface area contributed by atoms with Crippen molar-refractivity contribution in [3.63, 3.8) is 0 Å². The van der Waals surface area contributed by atoms with Crippen molar-refractivity contribution in [3.8, 4) is 11.4 Å². The molecule has 3 rings (SSSR count). The van der Waals surface area contributed by atoms with Crippen LogP contribution in [0.15, 0.2) is 28.8 Å². The zero-order valence-electron chi connectivity index (χ0n) is 19.1. The fourth-order valence-electron chi connectivity index (χ4n) is 4.44. The highest BCUT2D eigenvalue weighted by molar-refractivity contribution is 5.75. The van der Waals surface area contributed by atoms with Crippen molar-refractivity contribution in [1.29, 1.82) is 5.41 Å². The van der Waals surface area contributed by atoms with E-state index in [1.807, 2.05) is 4.90 Å². The SMILES string of the molecule is CCCCCCCCCCCCc1ccc(-c2noc([C@@H]3CCCN3C(=N)N)n2)cc1. The lowest BCUT2D eigenvalue weighted by atomic mass is 10.0. The van der Waals surface area contributed by atoms with E-state index in [1.54, 1.807) is 0 Å². The maximum absolute atomic E-state index is 7.71. The molecule has 0 spiro atoms. The van der Waals surface area contributed by atoms with Gasteiger partial charge in [0.05, 0.1) is 0 Å². The van der Waals surface area contributed by atoms with Gasteiger partial charge in [-0.1, -0.05) is 94.1 Å². The molecule has 1 aliphatic heterocycles. The van der Waals surface area contributed by atoms with Crippen LogP contribution in [0.2, 0.25) is 0 Å². The number of guanidine groups is 1. The lowest BCUT2D eigenvalue weighted by Crippen LogP contribution is -2.35. The minimum Gasteiger partial charge on any atom is -0.370 e. The molecular weight excluding hydrogens is 386 g/mol. The quantitative estimate of drug-likeness (QED) is 0.225. The van der Waals surface area contributed by atoms with E-state index in [9.17, 15) is 0 Å². The van der Waals surface area contributed by atoms with Crippen molar-refractivity contribution >= 4 is 5.96 Å². The van der Waals surface area contributed by atoms with E-state index in [2.05, 4.69) is 41.3 Å². The highest BCUT2D eigenvalue weighted by Crippen LogP contribution is 2.31. The molecule has 1 atom stereocenters. The average molecular weight is 426 g/mol. The number of nitrogens with two attached hydrogens (primary N) is 1.